The summed E-state index contributed by atoms with van der Waals surface area (Å²) in [6.07, 6.45) is 3.00. The van der Waals surface area contributed by atoms with Gasteiger partial charge in [-0.05, 0) is 39.5 Å². The molecule has 1 aliphatic rings. The summed E-state index contributed by atoms with van der Waals surface area (Å²) in [5.74, 6) is 1.72. The summed E-state index contributed by atoms with van der Waals surface area (Å²) < 4.78 is 5.72. The van der Waals surface area contributed by atoms with Crippen LogP contribution in [0.5, 0.6) is 5.75 Å². The number of hydrogen-bond donors (Lipinski definition) is 2. The average molecular weight is 374 g/mol. The van der Waals surface area contributed by atoms with E-state index in [1.54, 1.807) is 6.08 Å². The highest BCUT2D eigenvalue weighted by molar-refractivity contribution is 5.79. The van der Waals surface area contributed by atoms with E-state index < -0.39 is 0 Å². The lowest BCUT2D eigenvalue weighted by atomic mass is 10.2. The highest BCUT2D eigenvalue weighted by Crippen LogP contribution is 2.18. The molecule has 6 nitrogen and oxygen atoms in total. The first-order valence-corrected chi connectivity index (χ1v) is 9.97. The predicted octanol–water partition coefficient (Wildman–Crippen LogP) is 1.94. The summed E-state index contributed by atoms with van der Waals surface area (Å²) >= 11 is 0. The first-order chi connectivity index (χ1) is 13.2. The van der Waals surface area contributed by atoms with Crippen molar-refractivity contribution in [3.8, 4) is 5.75 Å². The Kier molecular flexibility index (Phi) is 9.73. The number of para-hydroxylation sites is 1. The molecule has 0 aromatic heterocycles. The molecule has 1 heterocycles. The molecule has 2 N–H and O–H groups in total. The number of nitrogens with one attached hydrogen (secondary N) is 2. The van der Waals surface area contributed by atoms with Crippen LogP contribution in [0.25, 0.3) is 0 Å². The smallest absolute Gasteiger partial charge is 0.191 e. The second-order valence-corrected chi connectivity index (χ2v) is 6.83. The maximum Gasteiger partial charge on any atom is 0.191 e. The third kappa shape index (κ3) is 8.01. The van der Waals surface area contributed by atoms with Crippen LogP contribution >= 0.6 is 0 Å². The van der Waals surface area contributed by atoms with Crippen molar-refractivity contribution >= 4 is 5.96 Å². The van der Waals surface area contributed by atoms with Gasteiger partial charge in [0.2, 0.25) is 0 Å². The van der Waals surface area contributed by atoms with Crippen LogP contribution < -0.4 is 15.4 Å². The summed E-state index contributed by atoms with van der Waals surface area (Å²) in [6, 6.07) is 8.03. The van der Waals surface area contributed by atoms with Gasteiger partial charge >= 0.3 is 0 Å². The van der Waals surface area contributed by atoms with Crippen molar-refractivity contribution in [1.82, 2.24) is 20.4 Å². The minimum Gasteiger partial charge on any atom is -0.489 e. The van der Waals surface area contributed by atoms with Crippen LogP contribution in [0.15, 0.2) is 41.9 Å². The first-order valence-electron chi connectivity index (χ1n) is 9.97. The maximum atomic E-state index is 5.72. The molecule has 0 saturated carbocycles. The van der Waals surface area contributed by atoms with Crippen LogP contribution in [-0.2, 0) is 6.54 Å². The van der Waals surface area contributed by atoms with E-state index in [9.17, 15) is 0 Å². The van der Waals surface area contributed by atoms with E-state index in [2.05, 4.69) is 47.1 Å². The van der Waals surface area contributed by atoms with Crippen molar-refractivity contribution in [1.29, 1.82) is 0 Å². The molecule has 1 aromatic rings. The molecule has 1 saturated heterocycles. The Morgan fingerprint density at radius 1 is 1.22 bits per heavy atom. The SMILES string of the molecule is C=CCOc1ccccc1CN=C(NCC)NCCN1CCCN(C)CC1. The monoisotopic (exact) mass is 373 g/mol. The van der Waals surface area contributed by atoms with Crippen molar-refractivity contribution in [3.63, 3.8) is 0 Å². The number of rotatable bonds is 9. The van der Waals surface area contributed by atoms with Gasteiger partial charge in [-0.3, -0.25) is 0 Å². The topological polar surface area (TPSA) is 52.1 Å². The molecule has 0 aliphatic carbocycles. The Hall–Kier alpha value is -2.05. The van der Waals surface area contributed by atoms with Gasteiger partial charge in [0.1, 0.15) is 12.4 Å². The number of guanidine groups is 1. The van der Waals surface area contributed by atoms with E-state index in [0.717, 1.165) is 50.0 Å². The van der Waals surface area contributed by atoms with Gasteiger partial charge < -0.3 is 25.2 Å². The Morgan fingerprint density at radius 2 is 2.07 bits per heavy atom. The predicted molar refractivity (Wildman–Crippen MR) is 114 cm³/mol. The van der Waals surface area contributed by atoms with Gasteiger partial charge in [0, 0.05) is 38.3 Å². The highest BCUT2D eigenvalue weighted by atomic mass is 16.5. The molecule has 1 aromatic carbocycles. The Bertz CT molecular complexity index is 590. The quantitative estimate of drug-likeness (QED) is 0.394. The fraction of sp³-hybridized carbons (Fsp3) is 0.571. The Morgan fingerprint density at radius 3 is 2.89 bits per heavy atom. The lowest BCUT2D eigenvalue weighted by molar-refractivity contribution is 0.280. The number of aliphatic imine (C=N–C) groups is 1. The molecule has 0 unspecified atom stereocenters. The molecule has 0 atom stereocenters. The molecule has 0 spiro atoms. The van der Waals surface area contributed by atoms with Gasteiger partial charge in [-0.15, -0.1) is 0 Å². The number of benzene rings is 1. The molecule has 1 fully saturated rings. The summed E-state index contributed by atoms with van der Waals surface area (Å²) in [5, 5.41) is 6.79. The van der Waals surface area contributed by atoms with E-state index in [-0.39, 0.29) is 0 Å². The van der Waals surface area contributed by atoms with Crippen LogP contribution in [-0.4, -0.2) is 75.2 Å². The third-order valence-electron chi connectivity index (χ3n) is 4.61. The summed E-state index contributed by atoms with van der Waals surface area (Å²) in [6.45, 7) is 14.3. The van der Waals surface area contributed by atoms with Gasteiger partial charge in [-0.1, -0.05) is 30.9 Å². The molecule has 0 amide bonds. The Balaban J connectivity index is 1.86. The van der Waals surface area contributed by atoms with E-state index in [1.807, 2.05) is 18.2 Å². The standard InChI is InChI=1S/C21H35N5O/c1-4-17-27-20-10-7-6-9-19(20)18-24-21(22-5-2)23-11-14-26-13-8-12-25(3)15-16-26/h4,6-7,9-10H,1,5,8,11-18H2,2-3H3,(H2,22,23,24). The zero-order valence-corrected chi connectivity index (χ0v) is 16.9. The molecular formula is C21H35N5O. The summed E-state index contributed by atoms with van der Waals surface area (Å²) in [7, 11) is 2.20. The van der Waals surface area contributed by atoms with E-state index in [1.165, 1.54) is 19.5 Å². The molecule has 0 bridgehead atoms. The molecule has 0 radical (unpaired) electrons. The van der Waals surface area contributed by atoms with Crippen LogP contribution in [0.4, 0.5) is 0 Å². The normalized spacial score (nSPS) is 16.6. The zero-order valence-electron chi connectivity index (χ0n) is 16.9. The van der Waals surface area contributed by atoms with Crippen LogP contribution in [0, 0.1) is 0 Å². The fourth-order valence-electron chi connectivity index (χ4n) is 3.09. The van der Waals surface area contributed by atoms with Crippen molar-refractivity contribution in [2.75, 3.05) is 59.5 Å². The second kappa shape index (κ2) is 12.4. The minimum absolute atomic E-state index is 0.504. The molecule has 150 valence electrons. The van der Waals surface area contributed by atoms with E-state index >= 15 is 0 Å². The van der Waals surface area contributed by atoms with Crippen molar-refractivity contribution < 1.29 is 4.74 Å². The van der Waals surface area contributed by atoms with Gasteiger partial charge in [-0.2, -0.15) is 0 Å². The second-order valence-electron chi connectivity index (χ2n) is 6.83. The molecule has 6 heteroatoms. The molecular weight excluding hydrogens is 338 g/mol. The first kappa shape index (κ1) is 21.3. The number of likely N-dealkylation sites (N-methyl/N-ethyl adjacent to an activating group) is 1. The number of nitrogens with zero attached hydrogens (tertiary/aromatic N) is 3. The van der Waals surface area contributed by atoms with Crippen LogP contribution in [0.2, 0.25) is 0 Å². The van der Waals surface area contributed by atoms with E-state index in [0.29, 0.717) is 13.2 Å². The zero-order chi connectivity index (χ0) is 19.3. The van der Waals surface area contributed by atoms with Crippen molar-refractivity contribution in [2.24, 2.45) is 4.99 Å². The lowest BCUT2D eigenvalue weighted by Crippen LogP contribution is -2.42. The largest absolute Gasteiger partial charge is 0.489 e. The van der Waals surface area contributed by atoms with Crippen LogP contribution in [0.1, 0.15) is 18.9 Å². The third-order valence-corrected chi connectivity index (χ3v) is 4.61. The summed E-state index contributed by atoms with van der Waals surface area (Å²) in [4.78, 5) is 9.66. The summed E-state index contributed by atoms with van der Waals surface area (Å²) in [5.41, 5.74) is 1.08. The van der Waals surface area contributed by atoms with Gasteiger partial charge in [0.05, 0.1) is 6.54 Å². The van der Waals surface area contributed by atoms with Gasteiger partial charge in [0.25, 0.3) is 0 Å². The van der Waals surface area contributed by atoms with Crippen LogP contribution in [0.3, 0.4) is 0 Å². The van der Waals surface area contributed by atoms with Crippen molar-refractivity contribution in [3.05, 3.63) is 42.5 Å². The molecule has 1 aliphatic heterocycles. The Labute approximate surface area is 164 Å². The molecule has 27 heavy (non-hydrogen) atoms. The average Bonchev–Trinajstić information content (AvgIpc) is 2.89. The number of ether oxygens (including phenoxy) is 1. The van der Waals surface area contributed by atoms with Gasteiger partial charge in [-0.25, -0.2) is 4.99 Å². The maximum absolute atomic E-state index is 5.72. The lowest BCUT2D eigenvalue weighted by Gasteiger charge is -2.21. The fourth-order valence-corrected chi connectivity index (χ4v) is 3.09. The minimum atomic E-state index is 0.504. The van der Waals surface area contributed by atoms with E-state index in [4.69, 9.17) is 9.73 Å². The highest BCUT2D eigenvalue weighted by Gasteiger charge is 2.11. The van der Waals surface area contributed by atoms with Crippen molar-refractivity contribution in [2.45, 2.75) is 19.9 Å². The van der Waals surface area contributed by atoms with Gasteiger partial charge in [0.15, 0.2) is 5.96 Å². The number of hydrogen-bond acceptors (Lipinski definition) is 4. The molecule has 2 rings (SSSR count).